The van der Waals surface area contributed by atoms with E-state index in [0.29, 0.717) is 17.0 Å². The number of carbonyl (C=O) groups excluding carboxylic acids is 2. The van der Waals surface area contributed by atoms with Gasteiger partial charge in [-0.15, -0.1) is 0 Å². The van der Waals surface area contributed by atoms with Gasteiger partial charge in [-0.25, -0.2) is 0 Å². The van der Waals surface area contributed by atoms with Gasteiger partial charge in [0.05, 0.1) is 0 Å². The average molecular weight is 297 g/mol. The van der Waals surface area contributed by atoms with Crippen molar-refractivity contribution in [3.63, 3.8) is 0 Å². The molecule has 1 rings (SSSR count). The third kappa shape index (κ3) is 4.23. The number of rotatable bonds is 4. The SMILES string of the molecule is CC(C)(C)CC(=O)N[C@](C)(C(N)=O)c1cccc(Cl)c1. The second kappa shape index (κ2) is 5.83. The van der Waals surface area contributed by atoms with Crippen molar-refractivity contribution in [2.24, 2.45) is 11.1 Å². The van der Waals surface area contributed by atoms with Crippen molar-refractivity contribution in [1.29, 1.82) is 0 Å². The molecule has 2 amide bonds. The van der Waals surface area contributed by atoms with Gasteiger partial charge in [-0.05, 0) is 30.0 Å². The van der Waals surface area contributed by atoms with E-state index in [1.54, 1.807) is 31.2 Å². The summed E-state index contributed by atoms with van der Waals surface area (Å²) in [7, 11) is 0. The van der Waals surface area contributed by atoms with Crippen LogP contribution < -0.4 is 11.1 Å². The molecule has 0 unspecified atom stereocenters. The van der Waals surface area contributed by atoms with Crippen LogP contribution in [0.3, 0.4) is 0 Å². The maximum absolute atomic E-state index is 12.1. The molecule has 110 valence electrons. The third-order valence-corrected chi connectivity index (χ3v) is 3.21. The summed E-state index contributed by atoms with van der Waals surface area (Å²) in [6, 6.07) is 6.76. The minimum atomic E-state index is -1.27. The number of amides is 2. The van der Waals surface area contributed by atoms with E-state index in [-0.39, 0.29) is 11.3 Å². The normalized spacial score (nSPS) is 14.4. The van der Waals surface area contributed by atoms with E-state index >= 15 is 0 Å². The van der Waals surface area contributed by atoms with Crippen LogP contribution in [0.1, 0.15) is 39.7 Å². The highest BCUT2D eigenvalue weighted by Gasteiger charge is 2.35. The Morgan fingerprint density at radius 1 is 1.25 bits per heavy atom. The maximum Gasteiger partial charge on any atom is 0.247 e. The quantitative estimate of drug-likeness (QED) is 0.896. The van der Waals surface area contributed by atoms with E-state index in [4.69, 9.17) is 17.3 Å². The first-order valence-corrected chi connectivity index (χ1v) is 6.79. The van der Waals surface area contributed by atoms with Crippen LogP contribution in [-0.4, -0.2) is 11.8 Å². The van der Waals surface area contributed by atoms with Gasteiger partial charge in [0.15, 0.2) is 0 Å². The molecule has 0 saturated carbocycles. The van der Waals surface area contributed by atoms with Crippen LogP contribution in [0.25, 0.3) is 0 Å². The predicted octanol–water partition coefficient (Wildman–Crippen LogP) is 2.59. The highest BCUT2D eigenvalue weighted by Crippen LogP contribution is 2.25. The van der Waals surface area contributed by atoms with E-state index in [0.717, 1.165) is 0 Å². The first-order valence-electron chi connectivity index (χ1n) is 6.41. The first-order chi connectivity index (χ1) is 9.04. The van der Waals surface area contributed by atoms with Crippen molar-refractivity contribution >= 4 is 23.4 Å². The molecule has 0 radical (unpaired) electrons. The molecule has 0 aromatic heterocycles. The van der Waals surface area contributed by atoms with Crippen LogP contribution in [0.5, 0.6) is 0 Å². The molecule has 1 aromatic rings. The lowest BCUT2D eigenvalue weighted by Crippen LogP contribution is -2.53. The second-order valence-electron chi connectivity index (χ2n) is 6.29. The van der Waals surface area contributed by atoms with Crippen molar-refractivity contribution in [2.45, 2.75) is 39.7 Å². The molecular weight excluding hydrogens is 276 g/mol. The van der Waals surface area contributed by atoms with Crippen molar-refractivity contribution in [3.05, 3.63) is 34.9 Å². The summed E-state index contributed by atoms with van der Waals surface area (Å²) >= 11 is 5.93. The van der Waals surface area contributed by atoms with Gasteiger partial charge in [-0.3, -0.25) is 9.59 Å². The van der Waals surface area contributed by atoms with Crippen molar-refractivity contribution in [2.75, 3.05) is 0 Å². The fraction of sp³-hybridized carbons (Fsp3) is 0.467. The fourth-order valence-corrected chi connectivity index (χ4v) is 2.07. The zero-order valence-corrected chi connectivity index (χ0v) is 13.0. The van der Waals surface area contributed by atoms with Gasteiger partial charge in [-0.1, -0.05) is 44.5 Å². The van der Waals surface area contributed by atoms with Gasteiger partial charge in [0.1, 0.15) is 5.54 Å². The minimum absolute atomic E-state index is 0.170. The van der Waals surface area contributed by atoms with Gasteiger partial charge in [-0.2, -0.15) is 0 Å². The first kappa shape index (κ1) is 16.5. The third-order valence-electron chi connectivity index (χ3n) is 2.98. The Balaban J connectivity index is 3.05. The van der Waals surface area contributed by atoms with Gasteiger partial charge < -0.3 is 11.1 Å². The predicted molar refractivity (Wildman–Crippen MR) is 80.2 cm³/mol. The van der Waals surface area contributed by atoms with E-state index in [1.807, 2.05) is 20.8 Å². The van der Waals surface area contributed by atoms with Crippen LogP contribution in [-0.2, 0) is 15.1 Å². The van der Waals surface area contributed by atoms with Crippen molar-refractivity contribution < 1.29 is 9.59 Å². The lowest BCUT2D eigenvalue weighted by molar-refractivity contribution is -0.132. The van der Waals surface area contributed by atoms with Crippen LogP contribution in [0.4, 0.5) is 0 Å². The number of hydrogen-bond acceptors (Lipinski definition) is 2. The summed E-state index contributed by atoms with van der Waals surface area (Å²) < 4.78 is 0. The molecule has 1 aromatic carbocycles. The van der Waals surface area contributed by atoms with E-state index < -0.39 is 11.4 Å². The molecule has 4 nitrogen and oxygen atoms in total. The molecule has 0 aliphatic heterocycles. The van der Waals surface area contributed by atoms with Crippen LogP contribution in [0.2, 0.25) is 5.02 Å². The Hall–Kier alpha value is -1.55. The lowest BCUT2D eigenvalue weighted by atomic mass is 9.88. The molecule has 0 aliphatic rings. The Bertz CT molecular complexity index is 523. The number of benzene rings is 1. The maximum atomic E-state index is 12.1. The summed E-state index contributed by atoms with van der Waals surface area (Å²) in [6.07, 6.45) is 0.302. The Labute approximate surface area is 124 Å². The van der Waals surface area contributed by atoms with E-state index in [2.05, 4.69) is 5.32 Å². The summed E-state index contributed by atoms with van der Waals surface area (Å²) in [5.74, 6) is -0.846. The molecule has 0 saturated heterocycles. The molecule has 5 heteroatoms. The number of nitrogens with one attached hydrogen (secondary N) is 1. The van der Waals surface area contributed by atoms with Gasteiger partial charge in [0, 0.05) is 11.4 Å². The van der Waals surface area contributed by atoms with E-state index in [1.165, 1.54) is 0 Å². The average Bonchev–Trinajstić information content (AvgIpc) is 2.25. The fourth-order valence-electron chi connectivity index (χ4n) is 1.88. The number of carbonyl (C=O) groups is 2. The Morgan fingerprint density at radius 2 is 1.85 bits per heavy atom. The van der Waals surface area contributed by atoms with E-state index in [9.17, 15) is 9.59 Å². The molecule has 0 heterocycles. The Kier molecular flexibility index (Phi) is 4.81. The van der Waals surface area contributed by atoms with Gasteiger partial charge in [0.2, 0.25) is 11.8 Å². The molecule has 1 atom stereocenters. The summed E-state index contributed by atoms with van der Waals surface area (Å²) in [5, 5.41) is 3.21. The van der Waals surface area contributed by atoms with Crippen LogP contribution >= 0.6 is 11.6 Å². The standard InChI is InChI=1S/C15H21ClN2O2/c1-14(2,3)9-12(19)18-15(4,13(17)20)10-6-5-7-11(16)8-10/h5-8H,9H2,1-4H3,(H2,17,20)(H,18,19)/t15-/m0/s1. The molecular formula is C15H21ClN2O2. The topological polar surface area (TPSA) is 72.2 Å². The van der Waals surface area contributed by atoms with Crippen LogP contribution in [0, 0.1) is 5.41 Å². The van der Waals surface area contributed by atoms with Gasteiger partial charge >= 0.3 is 0 Å². The number of halogens is 1. The lowest BCUT2D eigenvalue weighted by Gasteiger charge is -2.29. The Morgan fingerprint density at radius 3 is 2.30 bits per heavy atom. The summed E-state index contributed by atoms with van der Waals surface area (Å²) in [4.78, 5) is 23.9. The summed E-state index contributed by atoms with van der Waals surface area (Å²) in [6.45, 7) is 7.44. The monoisotopic (exact) mass is 296 g/mol. The highest BCUT2D eigenvalue weighted by atomic mass is 35.5. The van der Waals surface area contributed by atoms with Crippen molar-refractivity contribution in [3.8, 4) is 0 Å². The second-order valence-corrected chi connectivity index (χ2v) is 6.72. The molecule has 0 aliphatic carbocycles. The molecule has 20 heavy (non-hydrogen) atoms. The minimum Gasteiger partial charge on any atom is -0.367 e. The van der Waals surface area contributed by atoms with Crippen LogP contribution in [0.15, 0.2) is 24.3 Å². The summed E-state index contributed by atoms with van der Waals surface area (Å²) in [5.41, 5.74) is 4.60. The number of hydrogen-bond donors (Lipinski definition) is 2. The number of primary amides is 1. The zero-order chi connectivity index (χ0) is 15.6. The van der Waals surface area contributed by atoms with Gasteiger partial charge in [0.25, 0.3) is 0 Å². The van der Waals surface area contributed by atoms with Crippen molar-refractivity contribution in [1.82, 2.24) is 5.32 Å². The molecule has 0 fully saturated rings. The molecule has 3 N–H and O–H groups in total. The number of nitrogens with two attached hydrogens (primary N) is 1. The zero-order valence-electron chi connectivity index (χ0n) is 12.3. The highest BCUT2D eigenvalue weighted by molar-refractivity contribution is 6.30. The molecule has 0 bridgehead atoms. The smallest absolute Gasteiger partial charge is 0.247 e. The molecule has 0 spiro atoms. The largest absolute Gasteiger partial charge is 0.367 e.